The smallest absolute Gasteiger partial charge is 0.238 e. The normalized spacial score (nSPS) is 15.5. The molecule has 0 aromatic heterocycles. The van der Waals surface area contributed by atoms with E-state index in [0.717, 1.165) is 30.8 Å². The summed E-state index contributed by atoms with van der Waals surface area (Å²) in [4.78, 5) is 2.40. The van der Waals surface area contributed by atoms with Gasteiger partial charge >= 0.3 is 0 Å². The van der Waals surface area contributed by atoms with Crippen LogP contribution in [0.4, 0.5) is 5.69 Å². The number of nitrogens with two attached hydrogens (primary N) is 1. The quantitative estimate of drug-likeness (QED) is 0.914. The van der Waals surface area contributed by atoms with Crippen molar-refractivity contribution < 1.29 is 13.2 Å². The Kier molecular flexibility index (Phi) is 4.09. The molecule has 1 aromatic rings. The molecule has 6 heteroatoms. The van der Waals surface area contributed by atoms with Crippen LogP contribution in [0.2, 0.25) is 0 Å². The second-order valence-electron chi connectivity index (χ2n) is 6.03. The van der Waals surface area contributed by atoms with E-state index in [9.17, 15) is 8.42 Å². The third-order valence-corrected chi connectivity index (χ3v) is 4.18. The molecule has 0 amide bonds. The van der Waals surface area contributed by atoms with E-state index in [4.69, 9.17) is 9.88 Å². The molecular formula is C14H22N2O3S. The zero-order chi connectivity index (χ0) is 15.0. The first-order chi connectivity index (χ1) is 9.17. The molecule has 112 valence electrons. The standard InChI is InChI=1S/C14H22N2O3S/c1-14(2,3)19-9-8-16-7-6-11-10-12(20(15,17)18)4-5-13(11)16/h4-5,10H,6-9H2,1-3H3,(H2,15,17,18). The van der Waals surface area contributed by atoms with Crippen LogP contribution in [-0.4, -0.2) is 33.7 Å². The number of primary sulfonamides is 1. The lowest BCUT2D eigenvalue weighted by molar-refractivity contribution is 0.00148. The molecule has 2 N–H and O–H groups in total. The highest BCUT2D eigenvalue weighted by molar-refractivity contribution is 7.89. The molecule has 1 heterocycles. The van der Waals surface area contributed by atoms with Gasteiger partial charge in [-0.05, 0) is 51.0 Å². The molecular weight excluding hydrogens is 276 g/mol. The van der Waals surface area contributed by atoms with Crippen molar-refractivity contribution in [3.63, 3.8) is 0 Å². The summed E-state index contributed by atoms with van der Waals surface area (Å²) in [6.45, 7) is 8.44. The maximum atomic E-state index is 11.3. The lowest BCUT2D eigenvalue weighted by Crippen LogP contribution is -2.29. The van der Waals surface area contributed by atoms with Crippen LogP contribution in [0.25, 0.3) is 0 Å². The summed E-state index contributed by atoms with van der Waals surface area (Å²) in [7, 11) is -3.62. The Labute approximate surface area is 120 Å². The van der Waals surface area contributed by atoms with Crippen molar-refractivity contribution in [2.45, 2.75) is 37.7 Å². The Morgan fingerprint density at radius 2 is 2.05 bits per heavy atom. The van der Waals surface area contributed by atoms with E-state index in [2.05, 4.69) is 4.90 Å². The van der Waals surface area contributed by atoms with Gasteiger partial charge in [-0.15, -0.1) is 0 Å². The van der Waals surface area contributed by atoms with Gasteiger partial charge in [0.05, 0.1) is 17.1 Å². The molecule has 1 aromatic carbocycles. The predicted molar refractivity (Wildman–Crippen MR) is 79.4 cm³/mol. The molecule has 0 unspecified atom stereocenters. The number of ether oxygens (including phenoxy) is 1. The van der Waals surface area contributed by atoms with Crippen LogP contribution in [0.15, 0.2) is 23.1 Å². The number of fused-ring (bicyclic) bond motifs is 1. The van der Waals surface area contributed by atoms with E-state index >= 15 is 0 Å². The van der Waals surface area contributed by atoms with E-state index < -0.39 is 10.0 Å². The first-order valence-electron chi connectivity index (χ1n) is 6.71. The Balaban J connectivity index is 2.07. The fourth-order valence-corrected chi connectivity index (χ4v) is 2.88. The maximum absolute atomic E-state index is 11.3. The van der Waals surface area contributed by atoms with Gasteiger partial charge in [0, 0.05) is 18.8 Å². The second-order valence-corrected chi connectivity index (χ2v) is 7.59. The molecule has 20 heavy (non-hydrogen) atoms. The van der Waals surface area contributed by atoms with Crippen LogP contribution in [-0.2, 0) is 21.2 Å². The van der Waals surface area contributed by atoms with Crippen LogP contribution in [0.3, 0.4) is 0 Å². The highest BCUT2D eigenvalue weighted by atomic mass is 32.2. The largest absolute Gasteiger partial charge is 0.374 e. The summed E-state index contributed by atoms with van der Waals surface area (Å²) in [5.41, 5.74) is 1.97. The fraction of sp³-hybridized carbons (Fsp3) is 0.571. The minimum Gasteiger partial charge on any atom is -0.374 e. The lowest BCUT2D eigenvalue weighted by Gasteiger charge is -2.24. The Bertz CT molecular complexity index is 591. The van der Waals surface area contributed by atoms with Crippen molar-refractivity contribution in [1.82, 2.24) is 0 Å². The Morgan fingerprint density at radius 1 is 1.35 bits per heavy atom. The van der Waals surface area contributed by atoms with Crippen LogP contribution in [0.1, 0.15) is 26.3 Å². The lowest BCUT2D eigenvalue weighted by atomic mass is 10.2. The van der Waals surface area contributed by atoms with Crippen LogP contribution in [0.5, 0.6) is 0 Å². The third kappa shape index (κ3) is 3.71. The summed E-state index contributed by atoms with van der Waals surface area (Å²) in [6, 6.07) is 5.07. The molecule has 0 spiro atoms. The van der Waals surface area contributed by atoms with E-state index in [0.29, 0.717) is 6.61 Å². The van der Waals surface area contributed by atoms with Gasteiger partial charge in [0.1, 0.15) is 0 Å². The SMILES string of the molecule is CC(C)(C)OCCN1CCc2cc(S(N)(=O)=O)ccc21. The zero-order valence-electron chi connectivity index (χ0n) is 12.2. The zero-order valence-corrected chi connectivity index (χ0v) is 13.0. The minimum atomic E-state index is -3.62. The third-order valence-electron chi connectivity index (χ3n) is 3.27. The summed E-state index contributed by atoms with van der Waals surface area (Å²) in [5, 5.41) is 5.15. The molecule has 0 saturated carbocycles. The number of benzene rings is 1. The predicted octanol–water partition coefficient (Wildman–Crippen LogP) is 1.51. The topological polar surface area (TPSA) is 72.6 Å². The van der Waals surface area contributed by atoms with Crippen molar-refractivity contribution >= 4 is 15.7 Å². The number of hydrogen-bond acceptors (Lipinski definition) is 4. The average Bonchev–Trinajstić information content (AvgIpc) is 2.69. The molecule has 0 fully saturated rings. The average molecular weight is 298 g/mol. The molecule has 1 aliphatic rings. The molecule has 0 atom stereocenters. The molecule has 0 bridgehead atoms. The summed E-state index contributed by atoms with van der Waals surface area (Å²) in [6.07, 6.45) is 0.841. The van der Waals surface area contributed by atoms with Gasteiger partial charge in [-0.3, -0.25) is 0 Å². The fourth-order valence-electron chi connectivity index (χ4n) is 2.32. The Hall–Kier alpha value is -1.11. The van der Waals surface area contributed by atoms with Gasteiger partial charge < -0.3 is 9.64 Å². The van der Waals surface area contributed by atoms with Gasteiger partial charge in [-0.25, -0.2) is 13.6 Å². The number of hydrogen-bond donors (Lipinski definition) is 1. The number of anilines is 1. The molecule has 0 radical (unpaired) electrons. The van der Waals surface area contributed by atoms with Crippen LogP contribution in [0, 0.1) is 0 Å². The number of nitrogens with zero attached hydrogens (tertiary/aromatic N) is 1. The molecule has 0 aliphatic carbocycles. The molecule has 2 rings (SSSR count). The van der Waals surface area contributed by atoms with Gasteiger partial charge in [0.25, 0.3) is 0 Å². The minimum absolute atomic E-state index is 0.139. The Morgan fingerprint density at radius 3 is 2.65 bits per heavy atom. The highest BCUT2D eigenvalue weighted by Crippen LogP contribution is 2.29. The van der Waals surface area contributed by atoms with E-state index in [1.165, 1.54) is 0 Å². The van der Waals surface area contributed by atoms with Crippen molar-refractivity contribution in [2.75, 3.05) is 24.6 Å². The first kappa shape index (κ1) is 15.3. The highest BCUT2D eigenvalue weighted by Gasteiger charge is 2.21. The van der Waals surface area contributed by atoms with E-state index in [1.807, 2.05) is 26.8 Å². The van der Waals surface area contributed by atoms with Crippen LogP contribution < -0.4 is 10.0 Å². The first-order valence-corrected chi connectivity index (χ1v) is 8.26. The summed E-state index contributed by atoms with van der Waals surface area (Å²) < 4.78 is 28.4. The monoisotopic (exact) mass is 298 g/mol. The maximum Gasteiger partial charge on any atom is 0.238 e. The number of rotatable bonds is 4. The van der Waals surface area contributed by atoms with Gasteiger partial charge in [-0.2, -0.15) is 0 Å². The van der Waals surface area contributed by atoms with Gasteiger partial charge in [0.2, 0.25) is 10.0 Å². The van der Waals surface area contributed by atoms with E-state index in [-0.39, 0.29) is 10.5 Å². The van der Waals surface area contributed by atoms with Crippen molar-refractivity contribution in [3.05, 3.63) is 23.8 Å². The molecule has 5 nitrogen and oxygen atoms in total. The van der Waals surface area contributed by atoms with E-state index in [1.54, 1.807) is 12.1 Å². The van der Waals surface area contributed by atoms with Gasteiger partial charge in [-0.1, -0.05) is 0 Å². The molecule has 0 saturated heterocycles. The summed E-state index contributed by atoms with van der Waals surface area (Å²) >= 11 is 0. The van der Waals surface area contributed by atoms with Crippen molar-refractivity contribution in [1.29, 1.82) is 0 Å². The van der Waals surface area contributed by atoms with Crippen LogP contribution >= 0.6 is 0 Å². The van der Waals surface area contributed by atoms with Crippen molar-refractivity contribution in [2.24, 2.45) is 5.14 Å². The van der Waals surface area contributed by atoms with Crippen molar-refractivity contribution in [3.8, 4) is 0 Å². The second kappa shape index (κ2) is 5.35. The van der Waals surface area contributed by atoms with Gasteiger partial charge in [0.15, 0.2) is 0 Å². The number of sulfonamides is 1. The summed E-state index contributed by atoms with van der Waals surface area (Å²) in [5.74, 6) is 0. The molecule has 1 aliphatic heterocycles.